The van der Waals surface area contributed by atoms with Gasteiger partial charge in [0.2, 0.25) is 0 Å². The summed E-state index contributed by atoms with van der Waals surface area (Å²) in [7, 11) is 0. The number of carbonyl (C=O) groups excluding carboxylic acids is 2. The van der Waals surface area contributed by atoms with Crippen LogP contribution in [0.15, 0.2) is 36.4 Å². The van der Waals surface area contributed by atoms with Crippen LogP contribution in [0.25, 0.3) is 10.8 Å². The summed E-state index contributed by atoms with van der Waals surface area (Å²) in [6.45, 7) is 0. The average molecular weight is 228 g/mol. The number of fused-ring (bicyclic) bond motifs is 1. The minimum atomic E-state index is -0.303. The van der Waals surface area contributed by atoms with Crippen molar-refractivity contribution in [3.8, 4) is 0 Å². The largest absolute Gasteiger partial charge is 0.298 e. The summed E-state index contributed by atoms with van der Waals surface area (Å²) in [5, 5.41) is 2.77. The Bertz CT molecular complexity index is 588. The Labute approximate surface area is 97.9 Å². The molecule has 2 aromatic carbocycles. The Hall–Kier alpha value is -1.87. The number of benzene rings is 2. The van der Waals surface area contributed by atoms with Crippen molar-refractivity contribution in [2.24, 2.45) is 0 Å². The van der Waals surface area contributed by atoms with Gasteiger partial charge in [0.1, 0.15) is 0 Å². The van der Waals surface area contributed by atoms with Gasteiger partial charge in [0.15, 0.2) is 12.1 Å². The summed E-state index contributed by atoms with van der Waals surface area (Å²) in [6, 6.07) is 10.9. The van der Waals surface area contributed by atoms with Gasteiger partial charge in [0, 0.05) is 16.5 Å². The molecule has 3 heteroatoms. The molecule has 0 unspecified atom stereocenters. The highest BCUT2D eigenvalue weighted by molar-refractivity contribution is 7.80. The Morgan fingerprint density at radius 1 is 1.12 bits per heavy atom. The number of Topliss-reactive ketones (excluding diaryl/α,β-unsaturated/α-hetero) is 1. The standard InChI is InChI=1S/C13H8O2S/c14-7-12-10-4-2-1-3-9(10)5-6-11(12)13(15)8-16/h1-8H. The van der Waals surface area contributed by atoms with Crippen LogP contribution in [-0.4, -0.2) is 17.4 Å². The molecular formula is C13H8O2S. The van der Waals surface area contributed by atoms with Crippen molar-refractivity contribution in [3.05, 3.63) is 47.5 Å². The SMILES string of the molecule is O=Cc1c(C(=O)C=S)ccc2ccccc12. The van der Waals surface area contributed by atoms with Gasteiger partial charge in [0.25, 0.3) is 0 Å². The molecule has 2 nitrogen and oxygen atoms in total. The van der Waals surface area contributed by atoms with Gasteiger partial charge in [-0.2, -0.15) is 0 Å². The van der Waals surface area contributed by atoms with E-state index in [9.17, 15) is 9.59 Å². The van der Waals surface area contributed by atoms with E-state index in [2.05, 4.69) is 12.2 Å². The van der Waals surface area contributed by atoms with Crippen LogP contribution in [0.2, 0.25) is 0 Å². The maximum Gasteiger partial charge on any atom is 0.197 e. The number of carbonyl (C=O) groups is 2. The quantitative estimate of drug-likeness (QED) is 0.460. The van der Waals surface area contributed by atoms with E-state index in [0.717, 1.165) is 16.1 Å². The predicted octanol–water partition coefficient (Wildman–Crippen LogP) is 2.83. The van der Waals surface area contributed by atoms with E-state index >= 15 is 0 Å². The predicted molar refractivity (Wildman–Crippen MR) is 67.3 cm³/mol. The molecule has 78 valence electrons. The topological polar surface area (TPSA) is 34.1 Å². The number of aldehydes is 1. The average Bonchev–Trinajstić information content (AvgIpc) is 2.36. The maximum absolute atomic E-state index is 11.5. The van der Waals surface area contributed by atoms with Gasteiger partial charge in [-0.3, -0.25) is 9.59 Å². The summed E-state index contributed by atoms with van der Waals surface area (Å²) in [6.07, 6.45) is 0.703. The van der Waals surface area contributed by atoms with E-state index in [-0.39, 0.29) is 5.78 Å². The van der Waals surface area contributed by atoms with E-state index in [0.29, 0.717) is 17.4 Å². The van der Waals surface area contributed by atoms with Crippen LogP contribution in [0.3, 0.4) is 0 Å². The lowest BCUT2D eigenvalue weighted by atomic mass is 9.98. The molecule has 0 fully saturated rings. The molecule has 0 bridgehead atoms. The molecule has 0 heterocycles. The number of rotatable bonds is 3. The van der Waals surface area contributed by atoms with Crippen molar-refractivity contribution < 1.29 is 9.59 Å². The van der Waals surface area contributed by atoms with Crippen molar-refractivity contribution in [2.45, 2.75) is 0 Å². The lowest BCUT2D eigenvalue weighted by Crippen LogP contribution is -2.03. The molecule has 0 saturated carbocycles. The zero-order valence-corrected chi connectivity index (χ0v) is 9.16. The van der Waals surface area contributed by atoms with Crippen molar-refractivity contribution in [3.63, 3.8) is 0 Å². The maximum atomic E-state index is 11.5. The second kappa shape index (κ2) is 4.33. The van der Waals surface area contributed by atoms with Crippen LogP contribution in [0.5, 0.6) is 0 Å². The number of hydrogen-bond acceptors (Lipinski definition) is 3. The van der Waals surface area contributed by atoms with E-state index in [1.807, 2.05) is 30.3 Å². The zero-order chi connectivity index (χ0) is 11.5. The van der Waals surface area contributed by atoms with Gasteiger partial charge in [-0.05, 0) is 16.8 Å². The minimum absolute atomic E-state index is 0.303. The monoisotopic (exact) mass is 228 g/mol. The van der Waals surface area contributed by atoms with Crippen molar-refractivity contribution in [1.29, 1.82) is 0 Å². The highest BCUT2D eigenvalue weighted by Crippen LogP contribution is 2.21. The van der Waals surface area contributed by atoms with E-state index < -0.39 is 0 Å². The van der Waals surface area contributed by atoms with Crippen molar-refractivity contribution in [1.82, 2.24) is 0 Å². The molecule has 0 amide bonds. The van der Waals surface area contributed by atoms with Crippen LogP contribution in [0.4, 0.5) is 0 Å². The fourth-order valence-electron chi connectivity index (χ4n) is 1.70. The van der Waals surface area contributed by atoms with Gasteiger partial charge < -0.3 is 0 Å². The minimum Gasteiger partial charge on any atom is -0.298 e. The van der Waals surface area contributed by atoms with Gasteiger partial charge in [-0.1, -0.05) is 42.5 Å². The number of hydrogen-bond donors (Lipinski definition) is 0. The van der Waals surface area contributed by atoms with Gasteiger partial charge >= 0.3 is 0 Å². The molecule has 0 atom stereocenters. The highest BCUT2D eigenvalue weighted by Gasteiger charge is 2.11. The Morgan fingerprint density at radius 3 is 2.56 bits per heavy atom. The van der Waals surface area contributed by atoms with Crippen LogP contribution < -0.4 is 0 Å². The first-order chi connectivity index (χ1) is 7.77. The summed E-state index contributed by atoms with van der Waals surface area (Å²) >= 11 is 4.60. The summed E-state index contributed by atoms with van der Waals surface area (Å²) in [5.41, 5.74) is 0.771. The Morgan fingerprint density at radius 2 is 1.88 bits per heavy atom. The third-order valence-electron chi connectivity index (χ3n) is 2.46. The number of thiocarbonyl (C=S) groups is 1. The first-order valence-electron chi connectivity index (χ1n) is 4.74. The molecular weight excluding hydrogens is 220 g/mol. The normalized spacial score (nSPS) is 10.0. The molecule has 0 aliphatic heterocycles. The lowest BCUT2D eigenvalue weighted by Gasteiger charge is -2.05. The number of ketones is 1. The zero-order valence-electron chi connectivity index (χ0n) is 8.34. The molecule has 0 saturated heterocycles. The molecule has 0 aromatic heterocycles. The fraction of sp³-hybridized carbons (Fsp3) is 0. The smallest absolute Gasteiger partial charge is 0.197 e. The molecule has 0 radical (unpaired) electrons. The van der Waals surface area contributed by atoms with Crippen molar-refractivity contribution in [2.75, 3.05) is 0 Å². The van der Waals surface area contributed by atoms with E-state index in [1.54, 1.807) is 6.07 Å². The van der Waals surface area contributed by atoms with E-state index in [1.165, 1.54) is 0 Å². The highest BCUT2D eigenvalue weighted by atomic mass is 32.1. The third-order valence-corrected chi connectivity index (χ3v) is 2.68. The van der Waals surface area contributed by atoms with Gasteiger partial charge in [-0.15, -0.1) is 0 Å². The summed E-state index contributed by atoms with van der Waals surface area (Å²) < 4.78 is 0. The van der Waals surface area contributed by atoms with Crippen LogP contribution in [-0.2, 0) is 0 Å². The molecule has 0 N–H and O–H groups in total. The van der Waals surface area contributed by atoms with E-state index in [4.69, 9.17) is 0 Å². The fourth-order valence-corrected chi connectivity index (χ4v) is 1.83. The Balaban J connectivity index is 2.82. The molecule has 16 heavy (non-hydrogen) atoms. The van der Waals surface area contributed by atoms with Crippen LogP contribution in [0.1, 0.15) is 20.7 Å². The molecule has 0 spiro atoms. The van der Waals surface area contributed by atoms with Crippen LogP contribution >= 0.6 is 12.2 Å². The van der Waals surface area contributed by atoms with Gasteiger partial charge in [-0.25, -0.2) is 0 Å². The molecule has 0 aliphatic rings. The second-order valence-electron chi connectivity index (χ2n) is 3.35. The molecule has 2 aromatic rings. The van der Waals surface area contributed by atoms with Crippen LogP contribution in [0, 0.1) is 0 Å². The lowest BCUT2D eigenvalue weighted by molar-refractivity contribution is 0.106. The summed E-state index contributed by atoms with van der Waals surface area (Å²) in [5.74, 6) is -0.303. The first-order valence-corrected chi connectivity index (χ1v) is 5.21. The summed E-state index contributed by atoms with van der Waals surface area (Å²) in [4.78, 5) is 22.6. The molecule has 2 rings (SSSR count). The van der Waals surface area contributed by atoms with Gasteiger partial charge in [0.05, 0.1) is 0 Å². The second-order valence-corrected chi connectivity index (χ2v) is 3.58. The third kappa shape index (κ3) is 1.66. The molecule has 0 aliphatic carbocycles. The van der Waals surface area contributed by atoms with Crippen molar-refractivity contribution >= 4 is 40.4 Å². The first kappa shape index (κ1) is 10.6. The Kier molecular flexibility index (Phi) is 2.88.